The smallest absolute Gasteiger partial charge is 0.295 e. The molecule has 1 aliphatic heterocycles. The van der Waals surface area contributed by atoms with Crippen molar-refractivity contribution in [1.82, 2.24) is 0 Å². The lowest BCUT2D eigenvalue weighted by Gasteiger charge is -2.27. The minimum absolute atomic E-state index is 0.168. The van der Waals surface area contributed by atoms with Gasteiger partial charge in [-0.15, -0.1) is 0 Å². The van der Waals surface area contributed by atoms with Gasteiger partial charge in [-0.1, -0.05) is 23.7 Å². The van der Waals surface area contributed by atoms with E-state index in [-0.39, 0.29) is 17.0 Å². The van der Waals surface area contributed by atoms with E-state index in [4.69, 9.17) is 11.6 Å². The molecule has 8 nitrogen and oxygen atoms in total. The molecular weight excluding hydrogens is 460 g/mol. The van der Waals surface area contributed by atoms with Gasteiger partial charge in [-0.3, -0.25) is 34.2 Å². The molecule has 2 unspecified atom stereocenters. The van der Waals surface area contributed by atoms with Crippen LogP contribution in [0.1, 0.15) is 39.2 Å². The average molecular weight is 477 g/mol. The Morgan fingerprint density at radius 3 is 1.97 bits per heavy atom. The fourth-order valence-corrected chi connectivity index (χ4v) is 4.12. The maximum Gasteiger partial charge on any atom is 0.295 e. The first-order valence-electron chi connectivity index (χ1n) is 10.2. The summed E-state index contributed by atoms with van der Waals surface area (Å²) in [5.41, 5.74) is 1.15. The van der Waals surface area contributed by atoms with Gasteiger partial charge in [0.25, 0.3) is 11.6 Å². The number of Topliss-reactive ketones (excluding diaryl/α,β-unsaturated/α-hetero) is 3. The second-order valence-electron chi connectivity index (χ2n) is 7.78. The summed E-state index contributed by atoms with van der Waals surface area (Å²) in [7, 11) is 0. The van der Waals surface area contributed by atoms with Crippen LogP contribution in [0.2, 0.25) is 5.02 Å². The number of anilines is 1. The lowest BCUT2D eigenvalue weighted by atomic mass is 9.86. The van der Waals surface area contributed by atoms with Crippen LogP contribution in [0.3, 0.4) is 0 Å². The molecule has 34 heavy (non-hydrogen) atoms. The Bertz CT molecular complexity index is 1320. The third-order valence-corrected chi connectivity index (χ3v) is 5.97. The molecular formula is C25H17ClN2O6. The Labute approximate surface area is 198 Å². The first kappa shape index (κ1) is 23.0. The van der Waals surface area contributed by atoms with E-state index in [1.54, 1.807) is 0 Å². The van der Waals surface area contributed by atoms with E-state index in [9.17, 15) is 29.3 Å². The van der Waals surface area contributed by atoms with Crippen LogP contribution in [0.25, 0.3) is 0 Å². The van der Waals surface area contributed by atoms with Crippen LogP contribution in [-0.2, 0) is 9.59 Å². The van der Waals surface area contributed by atoms with Gasteiger partial charge in [0.2, 0.25) is 5.78 Å². The number of non-ortho nitro benzene ring substituents is 1. The maximum absolute atomic E-state index is 13.4. The van der Waals surface area contributed by atoms with Crippen molar-refractivity contribution in [2.24, 2.45) is 5.92 Å². The van der Waals surface area contributed by atoms with Crippen molar-refractivity contribution in [3.05, 3.63) is 105 Å². The molecule has 0 bridgehead atoms. The highest BCUT2D eigenvalue weighted by atomic mass is 35.5. The van der Waals surface area contributed by atoms with Gasteiger partial charge in [0.1, 0.15) is 5.92 Å². The van der Waals surface area contributed by atoms with Crippen LogP contribution in [0.15, 0.2) is 72.8 Å². The highest BCUT2D eigenvalue weighted by Crippen LogP contribution is 2.41. The van der Waals surface area contributed by atoms with E-state index in [2.05, 4.69) is 0 Å². The number of carbonyl (C=O) groups excluding carboxylic acids is 4. The zero-order valence-electron chi connectivity index (χ0n) is 17.8. The molecule has 1 saturated heterocycles. The summed E-state index contributed by atoms with van der Waals surface area (Å²) in [6, 6.07) is 16.4. The standard InChI is InChI=1S/C25H17ClN2O6/c1-14(29)15-4-10-19(11-5-15)27-22(16-6-12-20(13-7-16)28(33)34)21(24(31)25(27)32)23(30)17-2-8-18(26)9-3-17/h2-13,21-22H,1H3. The zero-order chi connectivity index (χ0) is 24.6. The number of nitrogens with zero attached hydrogens (tertiary/aromatic N) is 2. The largest absolute Gasteiger partial charge is 0.297 e. The van der Waals surface area contributed by atoms with E-state index in [0.29, 0.717) is 21.8 Å². The molecule has 0 saturated carbocycles. The number of nitro groups is 1. The quantitative estimate of drug-likeness (QED) is 0.169. The number of benzene rings is 3. The molecule has 0 N–H and O–H groups in total. The Morgan fingerprint density at radius 1 is 0.882 bits per heavy atom. The van der Waals surface area contributed by atoms with Crippen molar-refractivity contribution in [2.45, 2.75) is 13.0 Å². The molecule has 0 aliphatic carbocycles. The summed E-state index contributed by atoms with van der Waals surface area (Å²) >= 11 is 5.91. The third-order valence-electron chi connectivity index (χ3n) is 5.71. The van der Waals surface area contributed by atoms with Crippen molar-refractivity contribution < 1.29 is 24.1 Å². The van der Waals surface area contributed by atoms with E-state index in [0.717, 1.165) is 0 Å². The van der Waals surface area contributed by atoms with Crippen LogP contribution in [0, 0.1) is 16.0 Å². The first-order chi connectivity index (χ1) is 16.2. The molecule has 0 spiro atoms. The van der Waals surface area contributed by atoms with Crippen molar-refractivity contribution >= 4 is 46.2 Å². The number of nitro benzene ring substituents is 1. The molecule has 3 aromatic carbocycles. The summed E-state index contributed by atoms with van der Waals surface area (Å²) in [6.45, 7) is 1.40. The van der Waals surface area contributed by atoms with Crippen molar-refractivity contribution in [3.8, 4) is 0 Å². The highest BCUT2D eigenvalue weighted by molar-refractivity contribution is 6.49. The SMILES string of the molecule is CC(=O)c1ccc(N2C(=O)C(=O)C(C(=O)c3ccc(Cl)cc3)C2c2ccc([N+](=O)[O-])cc2)cc1. The van der Waals surface area contributed by atoms with E-state index >= 15 is 0 Å². The van der Waals surface area contributed by atoms with Gasteiger partial charge in [-0.25, -0.2) is 0 Å². The molecule has 170 valence electrons. The zero-order valence-corrected chi connectivity index (χ0v) is 18.6. The summed E-state index contributed by atoms with van der Waals surface area (Å²) < 4.78 is 0. The average Bonchev–Trinajstić information content (AvgIpc) is 3.09. The molecule has 1 aliphatic rings. The van der Waals surface area contributed by atoms with Crippen LogP contribution in [0.5, 0.6) is 0 Å². The first-order valence-corrected chi connectivity index (χ1v) is 10.6. The predicted octanol–water partition coefficient (Wildman–Crippen LogP) is 4.61. The number of amides is 1. The van der Waals surface area contributed by atoms with Crippen molar-refractivity contribution in [2.75, 3.05) is 4.90 Å². The molecule has 3 aromatic rings. The monoisotopic (exact) mass is 476 g/mol. The predicted molar refractivity (Wildman–Crippen MR) is 124 cm³/mol. The van der Waals surface area contributed by atoms with Crippen molar-refractivity contribution in [3.63, 3.8) is 0 Å². The molecule has 0 aromatic heterocycles. The van der Waals surface area contributed by atoms with Gasteiger partial charge in [0.05, 0.1) is 11.0 Å². The minimum Gasteiger partial charge on any atom is -0.297 e. The fraction of sp³-hybridized carbons (Fsp3) is 0.120. The lowest BCUT2D eigenvalue weighted by molar-refractivity contribution is -0.384. The number of carbonyl (C=O) groups is 4. The van der Waals surface area contributed by atoms with Crippen LogP contribution >= 0.6 is 11.6 Å². The van der Waals surface area contributed by atoms with Gasteiger partial charge >= 0.3 is 0 Å². The summed E-state index contributed by atoms with van der Waals surface area (Å²) in [5, 5.41) is 11.5. The molecule has 1 fully saturated rings. The normalized spacial score (nSPS) is 17.6. The summed E-state index contributed by atoms with van der Waals surface area (Å²) in [6.07, 6.45) is 0. The van der Waals surface area contributed by atoms with Crippen LogP contribution in [0.4, 0.5) is 11.4 Å². The lowest BCUT2D eigenvalue weighted by Crippen LogP contribution is -2.30. The minimum atomic E-state index is -1.37. The molecule has 1 amide bonds. The Morgan fingerprint density at radius 2 is 1.44 bits per heavy atom. The molecule has 1 heterocycles. The molecule has 4 rings (SSSR count). The molecule has 9 heteroatoms. The van der Waals surface area contributed by atoms with Crippen LogP contribution < -0.4 is 4.90 Å². The Hall–Kier alpha value is -4.17. The van der Waals surface area contributed by atoms with Gasteiger partial charge in [-0.05, 0) is 61.0 Å². The molecule has 2 atom stereocenters. The second kappa shape index (κ2) is 8.99. The Kier molecular flexibility index (Phi) is 6.08. The van der Waals surface area contributed by atoms with Gasteiger partial charge in [-0.2, -0.15) is 0 Å². The van der Waals surface area contributed by atoms with E-state index < -0.39 is 34.4 Å². The van der Waals surface area contributed by atoms with Crippen LogP contribution in [-0.4, -0.2) is 28.2 Å². The molecule has 0 radical (unpaired) electrons. The van der Waals surface area contributed by atoms with Crippen molar-refractivity contribution in [1.29, 1.82) is 0 Å². The summed E-state index contributed by atoms with van der Waals surface area (Å²) in [4.78, 5) is 63.0. The highest BCUT2D eigenvalue weighted by Gasteiger charge is 2.52. The van der Waals surface area contributed by atoms with Gasteiger partial charge < -0.3 is 0 Å². The third kappa shape index (κ3) is 4.11. The fourth-order valence-electron chi connectivity index (χ4n) is 4.00. The van der Waals surface area contributed by atoms with Gasteiger partial charge in [0.15, 0.2) is 11.6 Å². The second-order valence-corrected chi connectivity index (χ2v) is 8.22. The topological polar surface area (TPSA) is 115 Å². The van der Waals surface area contributed by atoms with E-state index in [1.165, 1.54) is 84.6 Å². The van der Waals surface area contributed by atoms with Gasteiger partial charge in [0, 0.05) is 34.0 Å². The maximum atomic E-state index is 13.4. The number of ketones is 3. The Balaban J connectivity index is 1.84. The number of hydrogen-bond donors (Lipinski definition) is 0. The number of rotatable bonds is 6. The van der Waals surface area contributed by atoms with E-state index in [1.807, 2.05) is 0 Å². The summed E-state index contributed by atoms with van der Waals surface area (Å²) in [5.74, 6) is -3.88. The number of halogens is 1. The number of hydrogen-bond acceptors (Lipinski definition) is 6.